The number of hydrogen-bond donors (Lipinski definition) is 1. The Balaban J connectivity index is 1.90. The molecule has 3 aromatic rings. The van der Waals surface area contributed by atoms with Crippen LogP contribution in [0.1, 0.15) is 16.8 Å². The second kappa shape index (κ2) is 4.98. The summed E-state index contributed by atoms with van der Waals surface area (Å²) in [5.41, 5.74) is 4.41. The number of H-pyrrole nitrogens is 1. The van der Waals surface area contributed by atoms with Gasteiger partial charge in [-0.1, -0.05) is 18.2 Å². The van der Waals surface area contributed by atoms with Gasteiger partial charge in [0.2, 0.25) is 0 Å². The average Bonchev–Trinajstić information content (AvgIpc) is 2.93. The summed E-state index contributed by atoms with van der Waals surface area (Å²) >= 11 is 0. The third-order valence-electron chi connectivity index (χ3n) is 4.11. The zero-order valence-corrected chi connectivity index (χ0v) is 12.2. The predicted molar refractivity (Wildman–Crippen MR) is 85.5 cm³/mol. The van der Waals surface area contributed by atoms with Crippen LogP contribution in [0.3, 0.4) is 0 Å². The van der Waals surface area contributed by atoms with Gasteiger partial charge in [0.1, 0.15) is 11.6 Å². The molecule has 22 heavy (non-hydrogen) atoms. The van der Waals surface area contributed by atoms with Crippen LogP contribution in [0.25, 0.3) is 10.9 Å². The van der Waals surface area contributed by atoms with E-state index in [0.29, 0.717) is 23.6 Å². The lowest BCUT2D eigenvalue weighted by Gasteiger charge is -2.14. The van der Waals surface area contributed by atoms with Gasteiger partial charge in [-0.3, -0.25) is 4.99 Å². The van der Waals surface area contributed by atoms with Crippen molar-refractivity contribution in [3.05, 3.63) is 65.1 Å². The lowest BCUT2D eigenvalue weighted by Crippen LogP contribution is -2.15. The number of ether oxygens (including phenoxy) is 1. The molecule has 1 aromatic heterocycles. The van der Waals surface area contributed by atoms with E-state index in [1.54, 1.807) is 12.1 Å². The van der Waals surface area contributed by atoms with Gasteiger partial charge in [-0.05, 0) is 30.2 Å². The van der Waals surface area contributed by atoms with Crippen LogP contribution in [-0.2, 0) is 6.42 Å². The Bertz CT molecular complexity index is 895. The molecule has 110 valence electrons. The number of aliphatic imine (C=N–C) groups is 1. The van der Waals surface area contributed by atoms with Gasteiger partial charge in [0, 0.05) is 29.1 Å². The number of benzene rings is 2. The SMILES string of the molecule is COc1ccc(C2=NCCc3c2[nH]c2ccccc32)c(F)c1. The fourth-order valence-corrected chi connectivity index (χ4v) is 3.06. The van der Waals surface area contributed by atoms with Crippen LogP contribution in [0.15, 0.2) is 47.5 Å². The van der Waals surface area contributed by atoms with Crippen molar-refractivity contribution in [2.24, 2.45) is 4.99 Å². The Kier molecular flexibility index (Phi) is 2.96. The second-order valence-corrected chi connectivity index (χ2v) is 5.35. The number of methoxy groups -OCH3 is 1. The highest BCUT2D eigenvalue weighted by atomic mass is 19.1. The molecular weight excluding hydrogens is 279 g/mol. The molecule has 0 aliphatic carbocycles. The van der Waals surface area contributed by atoms with Gasteiger partial charge < -0.3 is 9.72 Å². The van der Waals surface area contributed by atoms with Crippen molar-refractivity contribution in [3.8, 4) is 5.75 Å². The molecule has 1 aliphatic heterocycles. The van der Waals surface area contributed by atoms with Crippen LogP contribution in [0.4, 0.5) is 4.39 Å². The number of halogens is 1. The highest BCUT2D eigenvalue weighted by molar-refractivity contribution is 6.16. The average molecular weight is 294 g/mol. The van der Waals surface area contributed by atoms with Gasteiger partial charge in [-0.25, -0.2) is 4.39 Å². The summed E-state index contributed by atoms with van der Waals surface area (Å²) in [6, 6.07) is 13.0. The largest absolute Gasteiger partial charge is 0.497 e. The van der Waals surface area contributed by atoms with Crippen molar-refractivity contribution in [2.75, 3.05) is 13.7 Å². The smallest absolute Gasteiger partial charge is 0.136 e. The first kappa shape index (κ1) is 13.1. The number of para-hydroxylation sites is 1. The molecule has 1 N–H and O–H groups in total. The van der Waals surface area contributed by atoms with Crippen LogP contribution in [-0.4, -0.2) is 24.4 Å². The van der Waals surface area contributed by atoms with Crippen LogP contribution < -0.4 is 4.74 Å². The van der Waals surface area contributed by atoms with Gasteiger partial charge in [0.15, 0.2) is 0 Å². The van der Waals surface area contributed by atoms with Crippen LogP contribution >= 0.6 is 0 Å². The predicted octanol–water partition coefficient (Wildman–Crippen LogP) is 3.71. The molecule has 2 aromatic carbocycles. The highest BCUT2D eigenvalue weighted by Gasteiger charge is 2.22. The van der Waals surface area contributed by atoms with Gasteiger partial charge in [-0.2, -0.15) is 0 Å². The molecule has 0 bridgehead atoms. The molecule has 1 aliphatic rings. The van der Waals surface area contributed by atoms with Crippen molar-refractivity contribution in [2.45, 2.75) is 6.42 Å². The van der Waals surface area contributed by atoms with E-state index in [2.05, 4.69) is 16.0 Å². The second-order valence-electron chi connectivity index (χ2n) is 5.35. The zero-order valence-electron chi connectivity index (χ0n) is 12.2. The Hall–Kier alpha value is -2.62. The molecule has 3 nitrogen and oxygen atoms in total. The molecule has 2 heterocycles. The van der Waals surface area contributed by atoms with Crippen LogP contribution in [0, 0.1) is 5.82 Å². The third-order valence-corrected chi connectivity index (χ3v) is 4.11. The number of nitrogens with one attached hydrogen (secondary N) is 1. The molecule has 0 saturated heterocycles. The maximum absolute atomic E-state index is 14.4. The Morgan fingerprint density at radius 1 is 1.18 bits per heavy atom. The highest BCUT2D eigenvalue weighted by Crippen LogP contribution is 2.29. The number of hydrogen-bond acceptors (Lipinski definition) is 2. The van der Waals surface area contributed by atoms with E-state index in [9.17, 15) is 4.39 Å². The van der Waals surface area contributed by atoms with E-state index in [4.69, 9.17) is 4.74 Å². The fraction of sp³-hybridized carbons (Fsp3) is 0.167. The van der Waals surface area contributed by atoms with E-state index < -0.39 is 0 Å². The number of fused-ring (bicyclic) bond motifs is 3. The summed E-state index contributed by atoms with van der Waals surface area (Å²) < 4.78 is 19.5. The Morgan fingerprint density at radius 2 is 2.05 bits per heavy atom. The van der Waals surface area contributed by atoms with Gasteiger partial charge in [-0.15, -0.1) is 0 Å². The van der Waals surface area contributed by atoms with Gasteiger partial charge >= 0.3 is 0 Å². The first-order chi connectivity index (χ1) is 10.8. The van der Waals surface area contributed by atoms with Crippen LogP contribution in [0.5, 0.6) is 5.75 Å². The minimum Gasteiger partial charge on any atom is -0.497 e. The van der Waals surface area contributed by atoms with E-state index in [-0.39, 0.29) is 5.82 Å². The van der Waals surface area contributed by atoms with Crippen molar-refractivity contribution in [1.82, 2.24) is 4.98 Å². The quantitative estimate of drug-likeness (QED) is 0.768. The standard InChI is InChI=1S/C18H15FN2O/c1-22-11-6-7-14(15(19)10-11)17-18-13(8-9-20-17)12-4-2-3-5-16(12)21-18/h2-7,10,21H,8-9H2,1H3. The van der Waals surface area contributed by atoms with Crippen LogP contribution in [0.2, 0.25) is 0 Å². The van der Waals surface area contributed by atoms with E-state index in [0.717, 1.165) is 17.6 Å². The van der Waals surface area contributed by atoms with E-state index >= 15 is 0 Å². The number of aromatic amines is 1. The molecule has 4 rings (SSSR count). The van der Waals surface area contributed by atoms with Gasteiger partial charge in [0.25, 0.3) is 0 Å². The molecule has 0 atom stereocenters. The summed E-state index contributed by atoms with van der Waals surface area (Å²) in [4.78, 5) is 7.95. The van der Waals surface area contributed by atoms with Gasteiger partial charge in [0.05, 0.1) is 18.5 Å². The maximum Gasteiger partial charge on any atom is 0.136 e. The normalized spacial score (nSPS) is 13.8. The summed E-state index contributed by atoms with van der Waals surface area (Å²) in [7, 11) is 1.53. The zero-order chi connectivity index (χ0) is 15.1. The van der Waals surface area contributed by atoms with Crippen molar-refractivity contribution in [1.29, 1.82) is 0 Å². The molecule has 0 radical (unpaired) electrons. The number of nitrogens with zero attached hydrogens (tertiary/aromatic N) is 1. The Morgan fingerprint density at radius 3 is 2.86 bits per heavy atom. The molecular formula is C18H15FN2O. The molecule has 0 fully saturated rings. The summed E-state index contributed by atoms with van der Waals surface area (Å²) in [5, 5.41) is 1.19. The summed E-state index contributed by atoms with van der Waals surface area (Å²) in [6.45, 7) is 0.676. The first-order valence-corrected chi connectivity index (χ1v) is 7.26. The van der Waals surface area contributed by atoms with Crippen molar-refractivity contribution >= 4 is 16.6 Å². The van der Waals surface area contributed by atoms with Crippen molar-refractivity contribution in [3.63, 3.8) is 0 Å². The molecule has 0 saturated carbocycles. The third kappa shape index (κ3) is 1.91. The monoisotopic (exact) mass is 294 g/mol. The van der Waals surface area contributed by atoms with Crippen molar-refractivity contribution < 1.29 is 9.13 Å². The number of rotatable bonds is 2. The molecule has 4 heteroatoms. The summed E-state index contributed by atoms with van der Waals surface area (Å²) in [5.74, 6) is 0.194. The molecule has 0 amide bonds. The topological polar surface area (TPSA) is 37.4 Å². The lowest BCUT2D eigenvalue weighted by molar-refractivity contribution is 0.411. The summed E-state index contributed by atoms with van der Waals surface area (Å²) in [6.07, 6.45) is 0.876. The lowest BCUT2D eigenvalue weighted by atomic mass is 9.97. The fourth-order valence-electron chi connectivity index (χ4n) is 3.06. The molecule has 0 spiro atoms. The van der Waals surface area contributed by atoms with E-state index in [1.807, 2.05) is 18.2 Å². The Labute approximate surface area is 127 Å². The minimum absolute atomic E-state index is 0.315. The number of aromatic nitrogens is 1. The molecule has 0 unspecified atom stereocenters. The minimum atomic E-state index is -0.315. The van der Waals surface area contributed by atoms with E-state index in [1.165, 1.54) is 24.1 Å². The maximum atomic E-state index is 14.4. The first-order valence-electron chi connectivity index (χ1n) is 7.26.